The molecule has 0 fully saturated rings. The zero-order chi connectivity index (χ0) is 13.0. The second kappa shape index (κ2) is 5.34. The van der Waals surface area contributed by atoms with Gasteiger partial charge in [0.05, 0.1) is 7.11 Å². The van der Waals surface area contributed by atoms with Gasteiger partial charge in [0, 0.05) is 12.6 Å². The molecule has 0 unspecified atom stereocenters. The molecule has 1 aromatic carbocycles. The lowest BCUT2D eigenvalue weighted by Gasteiger charge is -2.21. The zero-order valence-corrected chi connectivity index (χ0v) is 10.0. The summed E-state index contributed by atoms with van der Waals surface area (Å²) in [5.74, 6) is -0.715. The number of nitrogens with zero attached hydrogens (tertiary/aromatic N) is 1. The summed E-state index contributed by atoms with van der Waals surface area (Å²) in [5.41, 5.74) is 0.432. The topological polar surface area (TPSA) is 66.8 Å². The second-order valence-electron chi connectivity index (χ2n) is 3.66. The molecule has 1 atom stereocenters. The Morgan fingerprint density at radius 2 is 1.82 bits per heavy atom. The summed E-state index contributed by atoms with van der Waals surface area (Å²) in [6, 6.07) is 5.67. The van der Waals surface area contributed by atoms with Gasteiger partial charge in [-0.1, -0.05) is 0 Å². The van der Waals surface area contributed by atoms with Gasteiger partial charge in [-0.2, -0.15) is 0 Å². The van der Waals surface area contributed by atoms with Crippen molar-refractivity contribution in [1.29, 1.82) is 0 Å². The molecular weight excluding hydrogens is 222 g/mol. The number of carbonyl (C=O) groups excluding carboxylic acids is 1. The Kier molecular flexibility index (Phi) is 4.09. The van der Waals surface area contributed by atoms with Crippen LogP contribution in [-0.2, 0) is 4.79 Å². The fourth-order valence-electron chi connectivity index (χ4n) is 1.28. The third-order valence-corrected chi connectivity index (χ3v) is 2.60. The lowest BCUT2D eigenvalue weighted by molar-refractivity contribution is -0.141. The number of carboxylic acid groups (broad SMARTS) is 1. The predicted molar refractivity (Wildman–Crippen MR) is 62.2 cm³/mol. The van der Waals surface area contributed by atoms with Crippen LogP contribution in [0, 0.1) is 0 Å². The van der Waals surface area contributed by atoms with Gasteiger partial charge in [0.25, 0.3) is 5.91 Å². The number of methoxy groups -OCH3 is 1. The minimum absolute atomic E-state index is 0.331. The molecule has 0 aliphatic heterocycles. The summed E-state index contributed by atoms with van der Waals surface area (Å²) in [7, 11) is 3.00. The van der Waals surface area contributed by atoms with Crippen LogP contribution in [-0.4, -0.2) is 42.1 Å². The molecule has 0 aliphatic carbocycles. The van der Waals surface area contributed by atoms with E-state index in [1.54, 1.807) is 24.3 Å². The number of carbonyl (C=O) groups is 2. The third kappa shape index (κ3) is 2.96. The number of amides is 1. The Labute approximate surface area is 99.6 Å². The van der Waals surface area contributed by atoms with Crippen molar-refractivity contribution in [3.05, 3.63) is 29.8 Å². The molecule has 0 saturated heterocycles. The first-order chi connectivity index (χ1) is 7.97. The number of benzene rings is 1. The summed E-state index contributed by atoms with van der Waals surface area (Å²) in [6.45, 7) is 1.46. The fraction of sp³-hybridized carbons (Fsp3) is 0.333. The molecule has 92 valence electrons. The number of ether oxygens (including phenoxy) is 1. The predicted octanol–water partition coefficient (Wildman–Crippen LogP) is 1.24. The van der Waals surface area contributed by atoms with Crippen LogP contribution in [0.3, 0.4) is 0 Å². The number of likely N-dealkylation sites (N-methyl/N-ethyl adjacent to an activating group) is 1. The lowest BCUT2D eigenvalue weighted by atomic mass is 10.1. The van der Waals surface area contributed by atoms with E-state index in [-0.39, 0.29) is 5.91 Å². The molecule has 0 radical (unpaired) electrons. The van der Waals surface area contributed by atoms with Gasteiger partial charge >= 0.3 is 5.97 Å². The highest BCUT2D eigenvalue weighted by Crippen LogP contribution is 2.13. The molecule has 0 spiro atoms. The van der Waals surface area contributed by atoms with E-state index >= 15 is 0 Å². The first-order valence-corrected chi connectivity index (χ1v) is 5.11. The van der Waals surface area contributed by atoms with Crippen LogP contribution < -0.4 is 4.74 Å². The highest BCUT2D eigenvalue weighted by molar-refractivity contribution is 5.96. The van der Waals surface area contributed by atoms with Crippen LogP contribution in [0.4, 0.5) is 0 Å². The van der Waals surface area contributed by atoms with Crippen molar-refractivity contribution < 1.29 is 19.4 Å². The summed E-state index contributed by atoms with van der Waals surface area (Å²) in [5, 5.41) is 8.82. The molecule has 5 heteroatoms. The number of rotatable bonds is 4. The molecule has 0 bridgehead atoms. The molecule has 0 aromatic heterocycles. The SMILES string of the molecule is COc1ccc(C(=O)N(C)[C@@H](C)C(=O)O)cc1. The standard InChI is InChI=1S/C12H15NO4/c1-8(12(15)16)13(2)11(14)9-4-6-10(17-3)7-5-9/h4-8H,1-3H3,(H,15,16)/t8-/m0/s1. The zero-order valence-electron chi connectivity index (χ0n) is 10.0. The van der Waals surface area contributed by atoms with Gasteiger partial charge in [0.1, 0.15) is 11.8 Å². The van der Waals surface area contributed by atoms with Gasteiger partial charge in [-0.05, 0) is 31.2 Å². The van der Waals surface area contributed by atoms with Gasteiger partial charge in [0.15, 0.2) is 0 Å². The van der Waals surface area contributed by atoms with Crippen molar-refractivity contribution in [3.8, 4) is 5.75 Å². The van der Waals surface area contributed by atoms with E-state index in [4.69, 9.17) is 9.84 Å². The van der Waals surface area contributed by atoms with Crippen molar-refractivity contribution in [2.75, 3.05) is 14.2 Å². The molecule has 0 heterocycles. The molecule has 1 aromatic rings. The molecule has 0 aliphatic rings. The van der Waals surface area contributed by atoms with Crippen molar-refractivity contribution in [2.24, 2.45) is 0 Å². The van der Waals surface area contributed by atoms with Gasteiger partial charge in [-0.3, -0.25) is 4.79 Å². The van der Waals surface area contributed by atoms with Gasteiger partial charge < -0.3 is 14.7 Å². The molecule has 17 heavy (non-hydrogen) atoms. The van der Waals surface area contributed by atoms with Crippen LogP contribution in [0.2, 0.25) is 0 Å². The van der Waals surface area contributed by atoms with Crippen LogP contribution >= 0.6 is 0 Å². The number of hydrogen-bond acceptors (Lipinski definition) is 3. The number of aliphatic carboxylic acids is 1. The van der Waals surface area contributed by atoms with Crippen LogP contribution in [0.25, 0.3) is 0 Å². The molecule has 0 saturated carbocycles. The Hall–Kier alpha value is -2.04. The minimum Gasteiger partial charge on any atom is -0.497 e. The first-order valence-electron chi connectivity index (χ1n) is 5.11. The Bertz CT molecular complexity index is 413. The van der Waals surface area contributed by atoms with Crippen molar-refractivity contribution in [2.45, 2.75) is 13.0 Å². The summed E-state index contributed by atoms with van der Waals surface area (Å²) >= 11 is 0. The van der Waals surface area contributed by atoms with Gasteiger partial charge in [-0.25, -0.2) is 4.79 Å². The summed E-state index contributed by atoms with van der Waals surface area (Å²) < 4.78 is 4.98. The lowest BCUT2D eigenvalue weighted by Crippen LogP contribution is -2.40. The minimum atomic E-state index is -1.03. The normalized spacial score (nSPS) is 11.7. The highest BCUT2D eigenvalue weighted by Gasteiger charge is 2.22. The quantitative estimate of drug-likeness (QED) is 0.855. The van der Waals surface area contributed by atoms with Crippen molar-refractivity contribution in [3.63, 3.8) is 0 Å². The largest absolute Gasteiger partial charge is 0.497 e. The van der Waals surface area contributed by atoms with Crippen molar-refractivity contribution >= 4 is 11.9 Å². The average molecular weight is 237 g/mol. The van der Waals surface area contributed by atoms with Crippen LogP contribution in [0.15, 0.2) is 24.3 Å². The van der Waals surface area contributed by atoms with E-state index in [2.05, 4.69) is 0 Å². The molecule has 1 rings (SSSR count). The molecule has 1 N–H and O–H groups in total. The Balaban J connectivity index is 2.85. The fourth-order valence-corrected chi connectivity index (χ4v) is 1.28. The number of carboxylic acids is 1. The van der Waals surface area contributed by atoms with E-state index in [0.29, 0.717) is 11.3 Å². The highest BCUT2D eigenvalue weighted by atomic mass is 16.5. The van der Waals surface area contributed by atoms with Crippen LogP contribution in [0.5, 0.6) is 5.75 Å². The Morgan fingerprint density at radius 3 is 2.24 bits per heavy atom. The summed E-state index contributed by atoms with van der Waals surface area (Å²) in [6.07, 6.45) is 0. The maximum atomic E-state index is 11.9. The molecule has 1 amide bonds. The van der Waals surface area contributed by atoms with Gasteiger partial charge in [-0.15, -0.1) is 0 Å². The number of hydrogen-bond donors (Lipinski definition) is 1. The first kappa shape index (κ1) is 13.0. The van der Waals surface area contributed by atoms with Crippen molar-refractivity contribution in [1.82, 2.24) is 4.90 Å². The van der Waals surface area contributed by atoms with E-state index in [1.807, 2.05) is 0 Å². The maximum absolute atomic E-state index is 11.9. The van der Waals surface area contributed by atoms with E-state index in [0.717, 1.165) is 0 Å². The maximum Gasteiger partial charge on any atom is 0.326 e. The average Bonchev–Trinajstić information content (AvgIpc) is 2.36. The van der Waals surface area contributed by atoms with E-state index in [9.17, 15) is 9.59 Å². The molecular formula is C12H15NO4. The van der Waals surface area contributed by atoms with E-state index < -0.39 is 12.0 Å². The third-order valence-electron chi connectivity index (χ3n) is 2.60. The monoisotopic (exact) mass is 237 g/mol. The Morgan fingerprint density at radius 1 is 1.29 bits per heavy atom. The summed E-state index contributed by atoms with van der Waals surface area (Å²) in [4.78, 5) is 23.9. The smallest absolute Gasteiger partial charge is 0.326 e. The molecule has 5 nitrogen and oxygen atoms in total. The van der Waals surface area contributed by atoms with Gasteiger partial charge in [0.2, 0.25) is 0 Å². The van der Waals surface area contributed by atoms with Crippen LogP contribution in [0.1, 0.15) is 17.3 Å². The van der Waals surface area contributed by atoms with E-state index in [1.165, 1.54) is 26.0 Å². The second-order valence-corrected chi connectivity index (χ2v) is 3.66.